The Labute approximate surface area is 249 Å². The van der Waals surface area contributed by atoms with E-state index in [-0.39, 0.29) is 11.9 Å². The molecule has 0 saturated carbocycles. The average Bonchev–Trinajstić information content (AvgIpc) is 3.56. The summed E-state index contributed by atoms with van der Waals surface area (Å²) in [6.45, 7) is 4.44. The van der Waals surface area contributed by atoms with Crippen molar-refractivity contribution >= 4 is 34.4 Å². The molecule has 5 aromatic rings. The summed E-state index contributed by atoms with van der Waals surface area (Å²) in [7, 11) is 1.42. The van der Waals surface area contributed by atoms with Crippen LogP contribution in [0.3, 0.4) is 0 Å². The van der Waals surface area contributed by atoms with Crippen LogP contribution in [0.1, 0.15) is 51.4 Å². The molecule has 1 N–H and O–H groups in total. The van der Waals surface area contributed by atoms with Gasteiger partial charge in [-0.05, 0) is 74.6 Å². The predicted molar refractivity (Wildman–Crippen MR) is 162 cm³/mol. The van der Waals surface area contributed by atoms with Crippen molar-refractivity contribution in [2.24, 2.45) is 0 Å². The Morgan fingerprint density at radius 3 is 2.60 bits per heavy atom. The number of aryl methyl sites for hydroxylation is 3. The van der Waals surface area contributed by atoms with E-state index in [1.165, 1.54) is 18.4 Å². The number of hydrogen-bond donors (Lipinski definition) is 1. The van der Waals surface area contributed by atoms with E-state index in [0.717, 1.165) is 34.1 Å². The Hall–Kier alpha value is -4.43. The van der Waals surface area contributed by atoms with Crippen molar-refractivity contribution in [1.82, 2.24) is 24.6 Å². The number of halogens is 1. The second kappa shape index (κ2) is 11.1. The molecule has 0 spiro atoms. The van der Waals surface area contributed by atoms with Gasteiger partial charge in [0.1, 0.15) is 12.2 Å². The molecule has 8 nitrogen and oxygen atoms in total. The predicted octanol–water partition coefficient (Wildman–Crippen LogP) is 5.87. The number of aromatic nitrogens is 4. The molecule has 3 heterocycles. The van der Waals surface area contributed by atoms with Gasteiger partial charge in [0.05, 0.1) is 35.5 Å². The highest BCUT2D eigenvalue weighted by Gasteiger charge is 2.40. The van der Waals surface area contributed by atoms with Gasteiger partial charge in [0.15, 0.2) is 0 Å². The van der Waals surface area contributed by atoms with Crippen LogP contribution >= 0.6 is 11.6 Å². The van der Waals surface area contributed by atoms with Gasteiger partial charge in [0.25, 0.3) is 5.91 Å². The molecule has 214 valence electrons. The van der Waals surface area contributed by atoms with Gasteiger partial charge in [0.2, 0.25) is 0 Å². The number of methoxy groups -OCH3 is 1. The Morgan fingerprint density at radius 1 is 1.07 bits per heavy atom. The molecule has 6 rings (SSSR count). The maximum atomic E-state index is 13.9. The number of esters is 1. The van der Waals surface area contributed by atoms with Gasteiger partial charge in [0, 0.05) is 23.0 Å². The van der Waals surface area contributed by atoms with Gasteiger partial charge in [-0.2, -0.15) is 5.10 Å². The molecule has 2 aromatic heterocycles. The maximum absolute atomic E-state index is 13.9. The summed E-state index contributed by atoms with van der Waals surface area (Å²) < 4.78 is 8.88. The first kappa shape index (κ1) is 27.7. The molecule has 0 fully saturated rings. The van der Waals surface area contributed by atoms with Crippen molar-refractivity contribution in [3.05, 3.63) is 112 Å². The Bertz CT molecular complexity index is 1810. The van der Waals surface area contributed by atoms with Gasteiger partial charge in [-0.15, -0.1) is 0 Å². The minimum absolute atomic E-state index is 0.223. The molecule has 0 saturated heterocycles. The van der Waals surface area contributed by atoms with E-state index in [2.05, 4.69) is 57.2 Å². The fourth-order valence-corrected chi connectivity index (χ4v) is 6.36. The van der Waals surface area contributed by atoms with Crippen molar-refractivity contribution in [1.29, 1.82) is 0 Å². The number of carbonyl (C=O) groups excluding carboxylic acids is 2. The summed E-state index contributed by atoms with van der Waals surface area (Å²) in [6.07, 6.45) is 3.97. The highest BCUT2D eigenvalue weighted by Crippen LogP contribution is 2.40. The quantitative estimate of drug-likeness (QED) is 0.243. The normalized spacial score (nSPS) is 16.3. The molecule has 1 aliphatic heterocycles. The fraction of sp³-hybridized carbons (Fsp3) is 0.273. The van der Waals surface area contributed by atoms with Crippen molar-refractivity contribution in [3.63, 3.8) is 0 Å². The lowest BCUT2D eigenvalue weighted by Crippen LogP contribution is -2.51. The van der Waals surface area contributed by atoms with Crippen LogP contribution in [0, 0.1) is 13.8 Å². The van der Waals surface area contributed by atoms with Crippen molar-refractivity contribution in [2.75, 3.05) is 7.11 Å². The zero-order chi connectivity index (χ0) is 29.4. The summed E-state index contributed by atoms with van der Waals surface area (Å²) in [5, 5.41) is 9.22. The smallest absolute Gasteiger partial charge is 0.305 e. The molecule has 3 aromatic carbocycles. The summed E-state index contributed by atoms with van der Waals surface area (Å²) in [4.78, 5) is 30.1. The van der Waals surface area contributed by atoms with Crippen LogP contribution in [-0.2, 0) is 34.5 Å². The van der Waals surface area contributed by atoms with Crippen molar-refractivity contribution in [3.8, 4) is 5.69 Å². The van der Waals surface area contributed by atoms with Crippen LogP contribution in [0.4, 0.5) is 0 Å². The number of nitrogens with one attached hydrogen (secondary N) is 1. The molecule has 0 radical (unpaired) electrons. The second-order valence-electron chi connectivity index (χ2n) is 10.9. The first-order valence-corrected chi connectivity index (χ1v) is 14.4. The number of ether oxygens (including phenoxy) is 1. The van der Waals surface area contributed by atoms with Crippen LogP contribution < -0.4 is 5.32 Å². The van der Waals surface area contributed by atoms with Gasteiger partial charge in [-0.3, -0.25) is 9.59 Å². The van der Waals surface area contributed by atoms with Gasteiger partial charge in [-0.25, -0.2) is 9.67 Å². The summed E-state index contributed by atoms with van der Waals surface area (Å²) in [5.41, 5.74) is 6.10. The lowest BCUT2D eigenvalue weighted by atomic mass is 9.81. The number of hydrogen-bond acceptors (Lipinski definition) is 5. The standard InChI is InChI=1S/C33H32ClN5O3/c1-21-9-13-29-27(17-21)25(12-14-31(40)42-3)30-15-16-33(19-38(29)30,23-7-5-4-6-8-23)36-32(41)26-11-10-24(18-28(26)34)39-20-35-22(2)37-39/h4-11,13,17-18,20H,12,14-16,19H2,1-3H3,(H,36,41). The number of benzene rings is 3. The van der Waals surface area contributed by atoms with Gasteiger partial charge < -0.3 is 14.6 Å². The molecule has 1 atom stereocenters. The third kappa shape index (κ3) is 5.07. The molecular formula is C33H32ClN5O3. The molecule has 9 heteroatoms. The summed E-state index contributed by atoms with van der Waals surface area (Å²) in [6, 6.07) is 21.8. The molecule has 1 amide bonds. The summed E-state index contributed by atoms with van der Waals surface area (Å²) >= 11 is 6.67. The first-order valence-electron chi connectivity index (χ1n) is 14.0. The minimum atomic E-state index is -0.674. The first-order chi connectivity index (χ1) is 20.3. The van der Waals surface area contributed by atoms with Crippen molar-refractivity contribution in [2.45, 2.75) is 51.6 Å². The highest BCUT2D eigenvalue weighted by atomic mass is 35.5. The van der Waals surface area contributed by atoms with E-state index in [9.17, 15) is 9.59 Å². The average molecular weight is 582 g/mol. The van der Waals surface area contributed by atoms with Crippen LogP contribution in [-0.4, -0.2) is 38.3 Å². The topological polar surface area (TPSA) is 91.0 Å². The number of carbonyl (C=O) groups is 2. The van der Waals surface area contributed by atoms with Crippen LogP contribution in [0.2, 0.25) is 5.02 Å². The zero-order valence-electron chi connectivity index (χ0n) is 23.9. The van der Waals surface area contributed by atoms with Crippen LogP contribution in [0.25, 0.3) is 16.6 Å². The second-order valence-corrected chi connectivity index (χ2v) is 11.3. The van der Waals surface area contributed by atoms with E-state index < -0.39 is 5.54 Å². The monoisotopic (exact) mass is 581 g/mol. The van der Waals surface area contributed by atoms with Gasteiger partial charge >= 0.3 is 5.97 Å². The van der Waals surface area contributed by atoms with E-state index in [1.807, 2.05) is 31.2 Å². The number of nitrogens with zero attached hydrogens (tertiary/aromatic N) is 4. The Balaban J connectivity index is 1.38. The van der Waals surface area contributed by atoms with Crippen LogP contribution in [0.15, 0.2) is 73.1 Å². The van der Waals surface area contributed by atoms with E-state index in [4.69, 9.17) is 16.3 Å². The lowest BCUT2D eigenvalue weighted by molar-refractivity contribution is -0.140. The van der Waals surface area contributed by atoms with E-state index in [0.29, 0.717) is 42.2 Å². The molecule has 0 bridgehead atoms. The SMILES string of the molecule is COC(=O)CCc1c2n(c3ccc(C)cc13)CC(NC(=O)c1ccc(-n3cnc(C)n3)cc1Cl)(c1ccccc1)CC2. The van der Waals surface area contributed by atoms with E-state index >= 15 is 0 Å². The molecular weight excluding hydrogens is 550 g/mol. The zero-order valence-corrected chi connectivity index (χ0v) is 24.6. The molecule has 0 aliphatic carbocycles. The Morgan fingerprint density at radius 2 is 1.88 bits per heavy atom. The number of amides is 1. The highest BCUT2D eigenvalue weighted by molar-refractivity contribution is 6.34. The lowest BCUT2D eigenvalue weighted by Gasteiger charge is -2.40. The third-order valence-corrected chi connectivity index (χ3v) is 8.53. The minimum Gasteiger partial charge on any atom is -0.469 e. The number of rotatable bonds is 7. The van der Waals surface area contributed by atoms with Gasteiger partial charge in [-0.1, -0.05) is 53.6 Å². The van der Waals surface area contributed by atoms with Crippen LogP contribution in [0.5, 0.6) is 0 Å². The summed E-state index contributed by atoms with van der Waals surface area (Å²) in [5.74, 6) is 0.182. The fourth-order valence-electron chi connectivity index (χ4n) is 6.10. The largest absolute Gasteiger partial charge is 0.469 e. The number of fused-ring (bicyclic) bond motifs is 3. The van der Waals surface area contributed by atoms with Crippen molar-refractivity contribution < 1.29 is 14.3 Å². The maximum Gasteiger partial charge on any atom is 0.305 e. The third-order valence-electron chi connectivity index (χ3n) is 8.21. The Kier molecular flexibility index (Phi) is 7.33. The molecule has 1 unspecified atom stereocenters. The van der Waals surface area contributed by atoms with E-state index in [1.54, 1.807) is 23.1 Å². The molecule has 1 aliphatic rings. The molecule has 42 heavy (non-hydrogen) atoms.